The molecule has 0 saturated carbocycles. The van der Waals surface area contributed by atoms with Crippen LogP contribution >= 0.6 is 11.5 Å². The second-order valence-electron chi connectivity index (χ2n) is 3.02. The van der Waals surface area contributed by atoms with Gasteiger partial charge in [0.1, 0.15) is 15.7 Å². The average Bonchev–Trinajstić information content (AvgIpc) is 2.81. The van der Waals surface area contributed by atoms with Crippen LogP contribution in [0.25, 0.3) is 0 Å². The molecule has 2 rings (SSSR count). The maximum atomic E-state index is 11.9. The lowest BCUT2D eigenvalue weighted by molar-refractivity contribution is 0.601. The van der Waals surface area contributed by atoms with Gasteiger partial charge in [0.2, 0.25) is 0 Å². The van der Waals surface area contributed by atoms with Gasteiger partial charge >= 0.3 is 0 Å². The van der Waals surface area contributed by atoms with Gasteiger partial charge in [-0.05, 0) is 12.1 Å². The van der Waals surface area contributed by atoms with Crippen molar-refractivity contribution in [2.75, 3.05) is 17.1 Å². The Morgan fingerprint density at radius 3 is 2.65 bits per heavy atom. The molecule has 0 radical (unpaired) electrons. The third-order valence-corrected chi connectivity index (χ3v) is 3.96. The first-order chi connectivity index (χ1) is 8.12. The monoisotopic (exact) mass is 271 g/mol. The second-order valence-corrected chi connectivity index (χ2v) is 5.48. The maximum absolute atomic E-state index is 11.9. The smallest absolute Gasteiger partial charge is 0.264 e. The van der Waals surface area contributed by atoms with Crippen LogP contribution < -0.4 is 10.0 Å². The van der Waals surface area contributed by atoms with Crippen molar-refractivity contribution < 1.29 is 8.42 Å². The Labute approximate surface area is 102 Å². The number of sulfonamides is 1. The Morgan fingerprint density at radius 1 is 1.29 bits per heavy atom. The molecule has 0 aliphatic heterocycles. The maximum Gasteiger partial charge on any atom is 0.264 e. The number of pyridine rings is 1. The molecule has 0 saturated heterocycles. The van der Waals surface area contributed by atoms with Crippen LogP contribution in [0, 0.1) is 0 Å². The summed E-state index contributed by atoms with van der Waals surface area (Å²) in [5, 5.41) is 6.71. The van der Waals surface area contributed by atoms with Crippen molar-refractivity contribution >= 4 is 32.4 Å². The fraction of sp³-hybridized carbons (Fsp3) is 0.125. The van der Waals surface area contributed by atoms with Crippen LogP contribution in [0.15, 0.2) is 29.4 Å². The lowest BCUT2D eigenvalue weighted by Gasteiger charge is -2.05. The van der Waals surface area contributed by atoms with Crippen LogP contribution in [-0.2, 0) is 10.0 Å². The van der Waals surface area contributed by atoms with E-state index in [2.05, 4.69) is 24.6 Å². The Hall–Kier alpha value is -1.74. The lowest BCUT2D eigenvalue weighted by atomic mass is 10.5. The minimum Gasteiger partial charge on any atom is -0.373 e. The topological polar surface area (TPSA) is 96.9 Å². The van der Waals surface area contributed by atoms with Crippen LogP contribution in [-0.4, -0.2) is 30.0 Å². The van der Waals surface area contributed by atoms with Gasteiger partial charge in [0.25, 0.3) is 10.0 Å². The van der Waals surface area contributed by atoms with Gasteiger partial charge in [0.15, 0.2) is 0 Å². The van der Waals surface area contributed by atoms with E-state index < -0.39 is 10.0 Å². The zero-order valence-electron chi connectivity index (χ0n) is 8.78. The highest BCUT2D eigenvalue weighted by Crippen LogP contribution is 2.17. The van der Waals surface area contributed by atoms with Crippen LogP contribution in [0.3, 0.4) is 0 Å². The van der Waals surface area contributed by atoms with Crippen molar-refractivity contribution in [3.8, 4) is 0 Å². The number of aromatic nitrogens is 3. The van der Waals surface area contributed by atoms with Crippen molar-refractivity contribution in [1.82, 2.24) is 14.6 Å². The van der Waals surface area contributed by atoms with E-state index in [1.165, 1.54) is 18.5 Å². The predicted molar refractivity (Wildman–Crippen MR) is 64.5 cm³/mol. The van der Waals surface area contributed by atoms with Gasteiger partial charge < -0.3 is 5.32 Å². The van der Waals surface area contributed by atoms with Crippen molar-refractivity contribution in [2.45, 2.75) is 4.90 Å². The molecule has 7 nitrogen and oxygen atoms in total. The summed E-state index contributed by atoms with van der Waals surface area (Å²) in [6.45, 7) is 0. The quantitative estimate of drug-likeness (QED) is 0.852. The molecule has 0 amide bonds. The fourth-order valence-electron chi connectivity index (χ4n) is 1.09. The summed E-state index contributed by atoms with van der Waals surface area (Å²) in [6, 6.07) is 3.05. The molecule has 2 aromatic rings. The largest absolute Gasteiger partial charge is 0.373 e. The van der Waals surface area contributed by atoms with E-state index in [4.69, 9.17) is 0 Å². The van der Waals surface area contributed by atoms with Gasteiger partial charge in [0, 0.05) is 24.8 Å². The zero-order valence-corrected chi connectivity index (χ0v) is 10.4. The molecule has 0 fully saturated rings. The van der Waals surface area contributed by atoms with Crippen molar-refractivity contribution in [3.63, 3.8) is 0 Å². The van der Waals surface area contributed by atoms with Gasteiger partial charge in [-0.25, -0.2) is 13.4 Å². The highest BCUT2D eigenvalue weighted by atomic mass is 32.2. The SMILES string of the molecule is CNc1ccc(S(=O)(=O)Nc2cnns2)cn1. The molecular formula is C8H9N5O2S2. The molecule has 90 valence electrons. The molecule has 0 atom stereocenters. The summed E-state index contributed by atoms with van der Waals surface area (Å²) in [5.74, 6) is 0.600. The van der Waals surface area contributed by atoms with Gasteiger partial charge in [-0.15, -0.1) is 5.10 Å². The molecule has 0 spiro atoms. The molecule has 9 heteroatoms. The Balaban J connectivity index is 2.25. The minimum atomic E-state index is -3.62. The van der Waals surface area contributed by atoms with Gasteiger partial charge in [-0.3, -0.25) is 4.72 Å². The molecule has 0 bridgehead atoms. The van der Waals surface area contributed by atoms with Crippen LogP contribution in [0.5, 0.6) is 0 Å². The van der Waals surface area contributed by atoms with Crippen LogP contribution in [0.4, 0.5) is 10.8 Å². The highest BCUT2D eigenvalue weighted by molar-refractivity contribution is 7.93. The Morgan fingerprint density at radius 2 is 2.12 bits per heavy atom. The molecule has 2 aromatic heterocycles. The predicted octanol–water partition coefficient (Wildman–Crippen LogP) is 0.776. The van der Waals surface area contributed by atoms with Crippen molar-refractivity contribution in [2.24, 2.45) is 0 Å². The summed E-state index contributed by atoms with van der Waals surface area (Å²) >= 11 is 0.968. The normalized spacial score (nSPS) is 11.1. The van der Waals surface area contributed by atoms with E-state index in [9.17, 15) is 8.42 Å². The Bertz CT molecular complexity index is 579. The zero-order chi connectivity index (χ0) is 12.3. The van der Waals surface area contributed by atoms with Gasteiger partial charge in [-0.1, -0.05) is 4.49 Å². The third-order valence-electron chi connectivity index (χ3n) is 1.90. The number of hydrogen-bond donors (Lipinski definition) is 2. The fourth-order valence-corrected chi connectivity index (χ4v) is 2.72. The summed E-state index contributed by atoms with van der Waals surface area (Å²) < 4.78 is 29.7. The first-order valence-electron chi connectivity index (χ1n) is 4.56. The first-order valence-corrected chi connectivity index (χ1v) is 6.81. The molecule has 0 aliphatic rings. The number of nitrogens with one attached hydrogen (secondary N) is 2. The van der Waals surface area contributed by atoms with Gasteiger partial charge in [0.05, 0.1) is 6.20 Å². The number of anilines is 2. The standard InChI is InChI=1S/C8H9N5O2S2/c1-9-7-3-2-6(4-10-7)17(14,15)12-8-5-11-13-16-8/h2-5,12H,1H3,(H,9,10). The molecule has 2 heterocycles. The number of hydrogen-bond acceptors (Lipinski definition) is 7. The van der Waals surface area contributed by atoms with E-state index in [-0.39, 0.29) is 4.90 Å². The summed E-state index contributed by atoms with van der Waals surface area (Å²) in [4.78, 5) is 4.02. The molecule has 0 aromatic carbocycles. The van der Waals surface area contributed by atoms with E-state index in [0.29, 0.717) is 10.8 Å². The molecule has 17 heavy (non-hydrogen) atoms. The van der Waals surface area contributed by atoms with Crippen LogP contribution in [0.1, 0.15) is 0 Å². The average molecular weight is 271 g/mol. The Kier molecular flexibility index (Phi) is 3.20. The summed E-state index contributed by atoms with van der Waals surface area (Å²) in [5.41, 5.74) is 0. The van der Waals surface area contributed by atoms with Crippen molar-refractivity contribution in [1.29, 1.82) is 0 Å². The highest BCUT2D eigenvalue weighted by Gasteiger charge is 2.15. The molecule has 2 N–H and O–H groups in total. The van der Waals surface area contributed by atoms with E-state index in [1.54, 1.807) is 13.1 Å². The first kappa shape index (κ1) is 11.7. The van der Waals surface area contributed by atoms with E-state index >= 15 is 0 Å². The van der Waals surface area contributed by atoms with Crippen molar-refractivity contribution in [3.05, 3.63) is 24.5 Å². The van der Waals surface area contributed by atoms with Crippen LogP contribution in [0.2, 0.25) is 0 Å². The number of nitrogens with zero attached hydrogens (tertiary/aromatic N) is 3. The molecular weight excluding hydrogens is 262 g/mol. The third kappa shape index (κ3) is 2.68. The summed E-state index contributed by atoms with van der Waals surface area (Å²) in [6.07, 6.45) is 2.63. The minimum absolute atomic E-state index is 0.0879. The summed E-state index contributed by atoms with van der Waals surface area (Å²) in [7, 11) is -1.91. The number of rotatable bonds is 4. The second kappa shape index (κ2) is 4.63. The molecule has 0 unspecified atom stereocenters. The molecule has 0 aliphatic carbocycles. The lowest BCUT2D eigenvalue weighted by Crippen LogP contribution is -2.12. The van der Waals surface area contributed by atoms with Gasteiger partial charge in [-0.2, -0.15) is 0 Å². The van der Waals surface area contributed by atoms with E-state index in [0.717, 1.165) is 11.5 Å². The van der Waals surface area contributed by atoms with E-state index in [1.807, 2.05) is 0 Å².